The van der Waals surface area contributed by atoms with E-state index >= 15 is 0 Å². The Bertz CT molecular complexity index is 143. The molecular weight excluding hydrogens is 154 g/mol. The number of morpholine rings is 1. The molecule has 4 nitrogen and oxygen atoms in total. The van der Waals surface area contributed by atoms with Gasteiger partial charge in [-0.05, 0) is 13.0 Å². The number of hydrogen-bond acceptors (Lipinski definition) is 3. The average Bonchev–Trinajstić information content (AvgIpc) is 2.05. The summed E-state index contributed by atoms with van der Waals surface area (Å²) in [7, 11) is 0. The topological polar surface area (TPSA) is 62.3 Å². The lowest BCUT2D eigenvalue weighted by Crippen LogP contribution is -2.37. The average molecular weight is 171 g/mol. The van der Waals surface area contributed by atoms with E-state index in [0.29, 0.717) is 5.84 Å². The molecule has 1 heterocycles. The Kier molecular flexibility index (Phi) is 4.04. The number of amidine groups is 1. The van der Waals surface area contributed by atoms with Crippen molar-refractivity contribution in [1.82, 2.24) is 4.90 Å². The fraction of sp³-hybridized carbons (Fsp3) is 0.875. The first-order valence-corrected chi connectivity index (χ1v) is 4.42. The minimum absolute atomic E-state index is 0.295. The highest BCUT2D eigenvalue weighted by molar-refractivity contribution is 5.76. The summed E-state index contributed by atoms with van der Waals surface area (Å²) in [5, 5.41) is 7.05. The minimum atomic E-state index is 0.295. The van der Waals surface area contributed by atoms with Crippen molar-refractivity contribution in [2.24, 2.45) is 5.73 Å². The molecule has 0 radical (unpaired) electrons. The SMILES string of the molecule is N=C(N)CCCN1CCOCC1. The van der Waals surface area contributed by atoms with Gasteiger partial charge in [0.15, 0.2) is 0 Å². The maximum absolute atomic E-state index is 7.05. The molecule has 0 atom stereocenters. The summed E-state index contributed by atoms with van der Waals surface area (Å²) < 4.78 is 5.22. The number of ether oxygens (including phenoxy) is 1. The number of hydrogen-bond donors (Lipinski definition) is 2. The van der Waals surface area contributed by atoms with E-state index in [-0.39, 0.29) is 0 Å². The molecule has 0 unspecified atom stereocenters. The van der Waals surface area contributed by atoms with Crippen LogP contribution in [0.3, 0.4) is 0 Å². The molecule has 1 fully saturated rings. The quantitative estimate of drug-likeness (QED) is 0.463. The van der Waals surface area contributed by atoms with Crippen molar-refractivity contribution in [3.8, 4) is 0 Å². The Balaban J connectivity index is 2.01. The molecule has 0 saturated carbocycles. The number of nitrogens with one attached hydrogen (secondary N) is 1. The van der Waals surface area contributed by atoms with Gasteiger partial charge in [0, 0.05) is 19.5 Å². The zero-order valence-corrected chi connectivity index (χ0v) is 7.38. The van der Waals surface area contributed by atoms with Crippen molar-refractivity contribution in [2.75, 3.05) is 32.8 Å². The zero-order valence-electron chi connectivity index (χ0n) is 7.38. The van der Waals surface area contributed by atoms with Crippen LogP contribution in [0.2, 0.25) is 0 Å². The Morgan fingerprint density at radius 3 is 2.67 bits per heavy atom. The number of nitrogens with zero attached hydrogens (tertiary/aromatic N) is 1. The van der Waals surface area contributed by atoms with E-state index in [0.717, 1.165) is 45.7 Å². The number of rotatable bonds is 4. The fourth-order valence-corrected chi connectivity index (χ4v) is 1.32. The molecular formula is C8H17N3O. The van der Waals surface area contributed by atoms with Crippen LogP contribution in [0.15, 0.2) is 0 Å². The first-order chi connectivity index (χ1) is 5.79. The maximum atomic E-state index is 7.05. The molecule has 0 aromatic heterocycles. The Hall–Kier alpha value is -0.610. The predicted molar refractivity (Wildman–Crippen MR) is 48.4 cm³/mol. The van der Waals surface area contributed by atoms with Crippen LogP contribution >= 0.6 is 0 Å². The molecule has 0 aromatic rings. The molecule has 0 amide bonds. The highest BCUT2D eigenvalue weighted by Gasteiger charge is 2.08. The molecule has 70 valence electrons. The van der Waals surface area contributed by atoms with Crippen LogP contribution < -0.4 is 5.73 Å². The second-order valence-electron chi connectivity index (χ2n) is 3.08. The van der Waals surface area contributed by atoms with E-state index in [9.17, 15) is 0 Å². The van der Waals surface area contributed by atoms with Crippen molar-refractivity contribution >= 4 is 5.84 Å². The molecule has 3 N–H and O–H groups in total. The van der Waals surface area contributed by atoms with Crippen LogP contribution in [0.25, 0.3) is 0 Å². The van der Waals surface area contributed by atoms with Crippen LogP contribution in [0.5, 0.6) is 0 Å². The Labute approximate surface area is 73.2 Å². The van der Waals surface area contributed by atoms with Gasteiger partial charge >= 0.3 is 0 Å². The second-order valence-corrected chi connectivity index (χ2v) is 3.08. The van der Waals surface area contributed by atoms with Gasteiger partial charge in [0.1, 0.15) is 0 Å². The molecule has 4 heteroatoms. The van der Waals surface area contributed by atoms with E-state index in [4.69, 9.17) is 15.9 Å². The zero-order chi connectivity index (χ0) is 8.81. The summed E-state index contributed by atoms with van der Waals surface area (Å²) in [6, 6.07) is 0. The summed E-state index contributed by atoms with van der Waals surface area (Å²) in [6.45, 7) is 4.79. The summed E-state index contributed by atoms with van der Waals surface area (Å²) in [5.74, 6) is 0.295. The van der Waals surface area contributed by atoms with Gasteiger partial charge in [-0.2, -0.15) is 0 Å². The summed E-state index contributed by atoms with van der Waals surface area (Å²) in [6.07, 6.45) is 1.71. The summed E-state index contributed by atoms with van der Waals surface area (Å²) >= 11 is 0. The number of nitrogens with two attached hydrogens (primary N) is 1. The van der Waals surface area contributed by atoms with Gasteiger partial charge < -0.3 is 10.5 Å². The molecule has 0 bridgehead atoms. The third-order valence-electron chi connectivity index (χ3n) is 2.02. The largest absolute Gasteiger partial charge is 0.388 e. The van der Waals surface area contributed by atoms with Gasteiger partial charge in [0.05, 0.1) is 19.0 Å². The van der Waals surface area contributed by atoms with Crippen LogP contribution in [0.1, 0.15) is 12.8 Å². The first kappa shape index (κ1) is 9.48. The molecule has 1 aliphatic rings. The lowest BCUT2D eigenvalue weighted by atomic mass is 10.2. The molecule has 1 saturated heterocycles. The monoisotopic (exact) mass is 171 g/mol. The van der Waals surface area contributed by atoms with Crippen LogP contribution in [0.4, 0.5) is 0 Å². The third kappa shape index (κ3) is 3.69. The van der Waals surface area contributed by atoms with E-state index in [2.05, 4.69) is 4.90 Å². The van der Waals surface area contributed by atoms with Crippen molar-refractivity contribution in [3.05, 3.63) is 0 Å². The lowest BCUT2D eigenvalue weighted by molar-refractivity contribution is 0.0376. The summed E-state index contributed by atoms with van der Waals surface area (Å²) in [5.41, 5.74) is 5.25. The second kappa shape index (κ2) is 5.11. The minimum Gasteiger partial charge on any atom is -0.388 e. The molecule has 12 heavy (non-hydrogen) atoms. The standard InChI is InChI=1S/C8H17N3O/c9-8(10)2-1-3-11-4-6-12-7-5-11/h1-7H2,(H3,9,10). The van der Waals surface area contributed by atoms with Gasteiger partial charge in [-0.15, -0.1) is 0 Å². The highest BCUT2D eigenvalue weighted by Crippen LogP contribution is 1.99. The van der Waals surface area contributed by atoms with E-state index in [1.165, 1.54) is 0 Å². The maximum Gasteiger partial charge on any atom is 0.0905 e. The van der Waals surface area contributed by atoms with Crippen LogP contribution in [0, 0.1) is 5.41 Å². The van der Waals surface area contributed by atoms with Crippen molar-refractivity contribution < 1.29 is 4.74 Å². The van der Waals surface area contributed by atoms with Crippen LogP contribution in [-0.2, 0) is 4.74 Å². The van der Waals surface area contributed by atoms with Gasteiger partial charge in [-0.25, -0.2) is 0 Å². The highest BCUT2D eigenvalue weighted by atomic mass is 16.5. The molecule has 1 aliphatic heterocycles. The molecule has 1 rings (SSSR count). The van der Waals surface area contributed by atoms with Gasteiger partial charge in [-0.3, -0.25) is 10.3 Å². The third-order valence-corrected chi connectivity index (χ3v) is 2.02. The van der Waals surface area contributed by atoms with Gasteiger partial charge in [-0.1, -0.05) is 0 Å². The van der Waals surface area contributed by atoms with Crippen molar-refractivity contribution in [2.45, 2.75) is 12.8 Å². The van der Waals surface area contributed by atoms with Gasteiger partial charge in [0.2, 0.25) is 0 Å². The Morgan fingerprint density at radius 2 is 2.08 bits per heavy atom. The molecule has 0 spiro atoms. The fourth-order valence-electron chi connectivity index (χ4n) is 1.32. The smallest absolute Gasteiger partial charge is 0.0905 e. The predicted octanol–water partition coefficient (Wildman–Crippen LogP) is 0.0348. The Morgan fingerprint density at radius 1 is 1.42 bits per heavy atom. The van der Waals surface area contributed by atoms with Gasteiger partial charge in [0.25, 0.3) is 0 Å². The van der Waals surface area contributed by atoms with E-state index in [1.54, 1.807) is 0 Å². The summed E-state index contributed by atoms with van der Waals surface area (Å²) in [4.78, 5) is 2.35. The molecule has 0 aromatic carbocycles. The van der Waals surface area contributed by atoms with Crippen molar-refractivity contribution in [3.63, 3.8) is 0 Å². The van der Waals surface area contributed by atoms with E-state index < -0.39 is 0 Å². The van der Waals surface area contributed by atoms with Crippen LogP contribution in [-0.4, -0.2) is 43.6 Å². The first-order valence-electron chi connectivity index (χ1n) is 4.42. The van der Waals surface area contributed by atoms with Crippen molar-refractivity contribution in [1.29, 1.82) is 5.41 Å². The van der Waals surface area contributed by atoms with E-state index in [1.807, 2.05) is 0 Å². The molecule has 0 aliphatic carbocycles. The normalized spacial score (nSPS) is 19.3. The lowest BCUT2D eigenvalue weighted by Gasteiger charge is -2.26.